The van der Waals surface area contributed by atoms with E-state index in [0.29, 0.717) is 23.8 Å². The number of nitro benzene ring substituents is 1. The van der Waals surface area contributed by atoms with E-state index >= 15 is 0 Å². The van der Waals surface area contributed by atoms with E-state index in [-0.39, 0.29) is 5.69 Å². The number of benzene rings is 1. The van der Waals surface area contributed by atoms with Crippen molar-refractivity contribution in [2.45, 2.75) is 25.4 Å². The molecule has 0 saturated heterocycles. The molecule has 1 aliphatic carbocycles. The van der Waals surface area contributed by atoms with Gasteiger partial charge in [-0.25, -0.2) is 0 Å². The number of nitriles is 1. The van der Waals surface area contributed by atoms with Crippen LogP contribution in [0.1, 0.15) is 24.1 Å². The normalized spacial score (nSPS) is 14.4. The summed E-state index contributed by atoms with van der Waals surface area (Å²) in [7, 11) is 1.70. The molecule has 1 N–H and O–H groups in total. The molecule has 1 aliphatic rings. The van der Waals surface area contributed by atoms with Crippen LogP contribution in [0.15, 0.2) is 18.2 Å². The number of nitrogens with zero attached hydrogens (tertiary/aromatic N) is 3. The Bertz CT molecular complexity index is 738. The van der Waals surface area contributed by atoms with Gasteiger partial charge in [-0.3, -0.25) is 10.1 Å². The molecular weight excluding hydrogens is 256 g/mol. The van der Waals surface area contributed by atoms with Crippen LogP contribution in [0, 0.1) is 21.4 Å². The fourth-order valence-electron chi connectivity index (χ4n) is 2.57. The minimum atomic E-state index is -0.401. The zero-order chi connectivity index (χ0) is 14.3. The highest BCUT2D eigenvalue weighted by Crippen LogP contribution is 2.32. The maximum Gasteiger partial charge on any atom is 0.293 e. The minimum absolute atomic E-state index is 0.0409. The Morgan fingerprint density at radius 2 is 2.30 bits per heavy atom. The van der Waals surface area contributed by atoms with E-state index in [0.717, 1.165) is 23.8 Å². The minimum Gasteiger partial charge on any atom is -0.330 e. The van der Waals surface area contributed by atoms with Gasteiger partial charge in [-0.2, -0.15) is 5.26 Å². The van der Waals surface area contributed by atoms with Crippen molar-refractivity contribution < 1.29 is 4.92 Å². The summed E-state index contributed by atoms with van der Waals surface area (Å²) in [5.74, 6) is 0. The second-order valence-electron chi connectivity index (χ2n) is 5.08. The number of hydrogen-bond acceptors (Lipinski definition) is 4. The molecule has 0 bridgehead atoms. The highest BCUT2D eigenvalue weighted by atomic mass is 16.6. The molecule has 0 aliphatic heterocycles. The molecule has 1 aromatic carbocycles. The molecular formula is C14H14N4O2. The molecule has 1 fully saturated rings. The van der Waals surface area contributed by atoms with E-state index < -0.39 is 4.92 Å². The van der Waals surface area contributed by atoms with Gasteiger partial charge in [0.2, 0.25) is 0 Å². The van der Waals surface area contributed by atoms with E-state index in [2.05, 4.69) is 11.4 Å². The molecule has 0 unspecified atom stereocenters. The van der Waals surface area contributed by atoms with Crippen LogP contribution in [-0.2, 0) is 13.6 Å². The molecule has 1 saturated carbocycles. The summed E-state index contributed by atoms with van der Waals surface area (Å²) in [5.41, 5.74) is 1.89. The number of nitro groups is 1. The molecule has 3 rings (SSSR count). The number of nitrogens with one attached hydrogen (secondary N) is 1. The molecule has 6 heteroatoms. The summed E-state index contributed by atoms with van der Waals surface area (Å²) < 4.78 is 1.62. The first-order valence-electron chi connectivity index (χ1n) is 6.51. The van der Waals surface area contributed by atoms with Crippen molar-refractivity contribution in [1.29, 1.82) is 5.26 Å². The van der Waals surface area contributed by atoms with Gasteiger partial charge >= 0.3 is 0 Å². The molecule has 102 valence electrons. The molecule has 0 spiro atoms. The van der Waals surface area contributed by atoms with Gasteiger partial charge in [-0.15, -0.1) is 0 Å². The molecule has 6 nitrogen and oxygen atoms in total. The lowest BCUT2D eigenvalue weighted by Crippen LogP contribution is -2.16. The lowest BCUT2D eigenvalue weighted by Gasteiger charge is -2.02. The van der Waals surface area contributed by atoms with Crippen LogP contribution in [0.5, 0.6) is 0 Å². The number of non-ortho nitro benzene ring substituents is 1. The third-order valence-electron chi connectivity index (χ3n) is 3.74. The third kappa shape index (κ3) is 1.92. The summed E-state index contributed by atoms with van der Waals surface area (Å²) >= 11 is 0. The number of aryl methyl sites for hydroxylation is 1. The Morgan fingerprint density at radius 3 is 2.90 bits per heavy atom. The van der Waals surface area contributed by atoms with Crippen molar-refractivity contribution in [1.82, 2.24) is 9.88 Å². The van der Waals surface area contributed by atoms with Crippen molar-refractivity contribution >= 4 is 16.6 Å². The largest absolute Gasteiger partial charge is 0.330 e. The van der Waals surface area contributed by atoms with Crippen LogP contribution in [-0.4, -0.2) is 15.5 Å². The first-order valence-corrected chi connectivity index (χ1v) is 6.51. The van der Waals surface area contributed by atoms with Crippen molar-refractivity contribution in [3.8, 4) is 6.07 Å². The molecule has 0 amide bonds. The third-order valence-corrected chi connectivity index (χ3v) is 3.74. The molecule has 20 heavy (non-hydrogen) atoms. The van der Waals surface area contributed by atoms with Crippen LogP contribution in [0.4, 0.5) is 5.69 Å². The highest BCUT2D eigenvalue weighted by molar-refractivity contribution is 5.93. The van der Waals surface area contributed by atoms with E-state index in [1.165, 1.54) is 6.07 Å². The summed E-state index contributed by atoms with van der Waals surface area (Å²) in [5, 5.41) is 24.6. The van der Waals surface area contributed by atoms with Gasteiger partial charge in [0.15, 0.2) is 0 Å². The molecule has 1 aromatic heterocycles. The predicted molar refractivity (Wildman–Crippen MR) is 74.2 cm³/mol. The van der Waals surface area contributed by atoms with Crippen LogP contribution in [0.25, 0.3) is 10.9 Å². The number of rotatable bonds is 4. The zero-order valence-corrected chi connectivity index (χ0v) is 11.1. The second-order valence-corrected chi connectivity index (χ2v) is 5.08. The second kappa shape index (κ2) is 4.62. The van der Waals surface area contributed by atoms with E-state index in [9.17, 15) is 15.4 Å². The fraction of sp³-hybridized carbons (Fsp3) is 0.357. The summed E-state index contributed by atoms with van der Waals surface area (Å²) in [6, 6.07) is 7.67. The number of hydrogen-bond donors (Lipinski definition) is 1. The quantitative estimate of drug-likeness (QED) is 0.682. The lowest BCUT2D eigenvalue weighted by molar-refractivity contribution is -0.383. The van der Waals surface area contributed by atoms with Gasteiger partial charge in [0.1, 0.15) is 17.3 Å². The van der Waals surface area contributed by atoms with Crippen LogP contribution < -0.4 is 5.32 Å². The van der Waals surface area contributed by atoms with Gasteiger partial charge in [0.05, 0.1) is 4.92 Å². The number of aromatic nitrogens is 1. The van der Waals surface area contributed by atoms with Gasteiger partial charge in [-0.05, 0) is 12.8 Å². The predicted octanol–water partition coefficient (Wildman–Crippen LogP) is 2.21. The smallest absolute Gasteiger partial charge is 0.293 e. The molecule has 0 radical (unpaired) electrons. The van der Waals surface area contributed by atoms with E-state index in [1.807, 2.05) is 6.07 Å². The Kier molecular flexibility index (Phi) is 2.92. The van der Waals surface area contributed by atoms with Gasteiger partial charge < -0.3 is 9.88 Å². The van der Waals surface area contributed by atoms with Crippen LogP contribution >= 0.6 is 0 Å². The first-order chi connectivity index (χ1) is 9.63. The summed E-state index contributed by atoms with van der Waals surface area (Å²) in [6.07, 6.45) is 2.32. The summed E-state index contributed by atoms with van der Waals surface area (Å²) in [4.78, 5) is 10.7. The molecule has 2 aromatic rings. The maximum absolute atomic E-state index is 11.1. The Hall–Kier alpha value is -2.39. The molecule has 1 heterocycles. The topological polar surface area (TPSA) is 83.9 Å². The van der Waals surface area contributed by atoms with E-state index in [1.54, 1.807) is 17.7 Å². The average Bonchev–Trinajstić information content (AvgIpc) is 3.22. The lowest BCUT2D eigenvalue weighted by atomic mass is 10.1. The van der Waals surface area contributed by atoms with Crippen LogP contribution in [0.2, 0.25) is 0 Å². The maximum atomic E-state index is 11.1. The van der Waals surface area contributed by atoms with Crippen molar-refractivity contribution in [3.63, 3.8) is 0 Å². The van der Waals surface area contributed by atoms with Gasteiger partial charge in [-0.1, -0.05) is 12.1 Å². The van der Waals surface area contributed by atoms with Gasteiger partial charge in [0.25, 0.3) is 5.69 Å². The van der Waals surface area contributed by atoms with Crippen molar-refractivity contribution in [3.05, 3.63) is 39.6 Å². The first kappa shape index (κ1) is 12.6. The summed E-state index contributed by atoms with van der Waals surface area (Å²) in [6.45, 7) is 0.575. The van der Waals surface area contributed by atoms with Crippen molar-refractivity contribution in [2.24, 2.45) is 7.05 Å². The van der Waals surface area contributed by atoms with Gasteiger partial charge in [0, 0.05) is 36.7 Å². The zero-order valence-electron chi connectivity index (χ0n) is 11.1. The molecule has 0 atom stereocenters. The number of para-hydroxylation sites is 1. The van der Waals surface area contributed by atoms with Crippen LogP contribution in [0.3, 0.4) is 0 Å². The average molecular weight is 270 g/mol. The SMILES string of the molecule is Cn1c(C#N)c(CNC2CC2)c2cccc([N+](=O)[O-])c21. The monoisotopic (exact) mass is 270 g/mol. The van der Waals surface area contributed by atoms with Crippen molar-refractivity contribution in [2.75, 3.05) is 0 Å². The fourth-order valence-corrected chi connectivity index (χ4v) is 2.57. The Morgan fingerprint density at radius 1 is 1.55 bits per heavy atom. The van der Waals surface area contributed by atoms with E-state index in [4.69, 9.17) is 0 Å². The standard InChI is InChI=1S/C14H14N4O2/c1-17-13(7-15)11(8-16-9-5-6-9)10-3-2-4-12(14(10)17)18(19)20/h2-4,9,16H,5-6,8H2,1H3. The Balaban J connectivity index is 2.19. The Labute approximate surface area is 115 Å². The highest BCUT2D eigenvalue weighted by Gasteiger charge is 2.25. The number of fused-ring (bicyclic) bond motifs is 1.